The van der Waals surface area contributed by atoms with Gasteiger partial charge in [-0.15, -0.1) is 10.2 Å². The molecule has 0 radical (unpaired) electrons. The molecule has 0 atom stereocenters. The van der Waals surface area contributed by atoms with E-state index in [9.17, 15) is 0 Å². The predicted octanol–water partition coefficient (Wildman–Crippen LogP) is 4.40. The second kappa shape index (κ2) is 6.83. The summed E-state index contributed by atoms with van der Waals surface area (Å²) in [5.74, 6) is 2.78. The SMILES string of the molecule is CCCSc1nnc(-c2ccoc2C)n1Cc1ccccc1. The normalized spacial score (nSPS) is 11.0. The van der Waals surface area contributed by atoms with Crippen molar-refractivity contribution in [1.82, 2.24) is 14.8 Å². The van der Waals surface area contributed by atoms with Gasteiger partial charge in [0, 0.05) is 5.75 Å². The molecule has 0 spiro atoms. The van der Waals surface area contributed by atoms with Crippen molar-refractivity contribution in [1.29, 1.82) is 0 Å². The summed E-state index contributed by atoms with van der Waals surface area (Å²) in [5, 5.41) is 9.74. The number of furan rings is 1. The lowest BCUT2D eigenvalue weighted by molar-refractivity contribution is 0.534. The molecule has 0 unspecified atom stereocenters. The molecule has 0 saturated carbocycles. The number of rotatable bonds is 6. The van der Waals surface area contributed by atoms with Gasteiger partial charge in [-0.25, -0.2) is 0 Å². The smallest absolute Gasteiger partial charge is 0.191 e. The van der Waals surface area contributed by atoms with Crippen LogP contribution >= 0.6 is 11.8 Å². The minimum Gasteiger partial charge on any atom is -0.469 e. The van der Waals surface area contributed by atoms with Gasteiger partial charge in [-0.05, 0) is 25.0 Å². The molecule has 0 aliphatic rings. The van der Waals surface area contributed by atoms with Crippen molar-refractivity contribution in [3.63, 3.8) is 0 Å². The highest BCUT2D eigenvalue weighted by molar-refractivity contribution is 7.99. The van der Waals surface area contributed by atoms with Crippen LogP contribution in [0.3, 0.4) is 0 Å². The Hall–Kier alpha value is -2.01. The summed E-state index contributed by atoms with van der Waals surface area (Å²) in [7, 11) is 0. The van der Waals surface area contributed by atoms with Crippen LogP contribution in [0.1, 0.15) is 24.7 Å². The van der Waals surface area contributed by atoms with E-state index in [-0.39, 0.29) is 0 Å². The van der Waals surface area contributed by atoms with E-state index in [1.807, 2.05) is 19.1 Å². The minimum absolute atomic E-state index is 0.764. The average molecular weight is 313 g/mol. The van der Waals surface area contributed by atoms with Crippen molar-refractivity contribution in [2.75, 3.05) is 5.75 Å². The lowest BCUT2D eigenvalue weighted by atomic mass is 10.2. The molecule has 0 saturated heterocycles. The van der Waals surface area contributed by atoms with Gasteiger partial charge in [0.05, 0.1) is 18.4 Å². The largest absolute Gasteiger partial charge is 0.469 e. The van der Waals surface area contributed by atoms with Crippen LogP contribution in [0.2, 0.25) is 0 Å². The molecule has 0 aliphatic heterocycles. The molecule has 2 heterocycles. The average Bonchev–Trinajstić information content (AvgIpc) is 3.12. The van der Waals surface area contributed by atoms with Gasteiger partial charge in [0.15, 0.2) is 11.0 Å². The van der Waals surface area contributed by atoms with Gasteiger partial charge in [-0.3, -0.25) is 4.57 Å². The molecule has 1 aromatic carbocycles. The standard InChI is InChI=1S/C17H19N3OS/c1-3-11-22-17-19-18-16(15-9-10-21-13(15)2)20(17)12-14-7-5-4-6-8-14/h4-10H,3,11-12H2,1-2H3. The van der Waals surface area contributed by atoms with Gasteiger partial charge in [0.2, 0.25) is 0 Å². The highest BCUT2D eigenvalue weighted by Gasteiger charge is 2.17. The Morgan fingerprint density at radius 3 is 2.64 bits per heavy atom. The molecule has 0 fully saturated rings. The third kappa shape index (κ3) is 3.09. The Morgan fingerprint density at radius 2 is 1.95 bits per heavy atom. The van der Waals surface area contributed by atoms with Crippen LogP contribution in [-0.4, -0.2) is 20.5 Å². The van der Waals surface area contributed by atoms with E-state index in [1.54, 1.807) is 18.0 Å². The summed E-state index contributed by atoms with van der Waals surface area (Å²) in [6, 6.07) is 12.3. The van der Waals surface area contributed by atoms with Gasteiger partial charge in [0.1, 0.15) is 5.76 Å². The Balaban J connectivity index is 1.99. The van der Waals surface area contributed by atoms with E-state index >= 15 is 0 Å². The predicted molar refractivity (Wildman–Crippen MR) is 89.0 cm³/mol. The fourth-order valence-corrected chi connectivity index (χ4v) is 3.11. The molecule has 114 valence electrons. The van der Waals surface area contributed by atoms with Crippen LogP contribution in [0.4, 0.5) is 0 Å². The van der Waals surface area contributed by atoms with E-state index < -0.39 is 0 Å². The van der Waals surface area contributed by atoms with Crippen molar-refractivity contribution < 1.29 is 4.42 Å². The molecule has 0 amide bonds. The zero-order chi connectivity index (χ0) is 15.4. The number of aryl methyl sites for hydroxylation is 1. The van der Waals surface area contributed by atoms with Crippen molar-refractivity contribution >= 4 is 11.8 Å². The second-order valence-electron chi connectivity index (χ2n) is 5.12. The van der Waals surface area contributed by atoms with Crippen LogP contribution in [0.25, 0.3) is 11.4 Å². The van der Waals surface area contributed by atoms with Crippen LogP contribution in [0.15, 0.2) is 52.2 Å². The number of hydrogen-bond donors (Lipinski definition) is 0. The molecule has 4 nitrogen and oxygen atoms in total. The lowest BCUT2D eigenvalue weighted by Crippen LogP contribution is -2.04. The van der Waals surface area contributed by atoms with Crippen molar-refractivity contribution in [2.45, 2.75) is 32.0 Å². The molecule has 2 aromatic heterocycles. The molecule has 5 heteroatoms. The Labute approximate surface area is 134 Å². The summed E-state index contributed by atoms with van der Waals surface area (Å²) in [6.45, 7) is 4.89. The number of hydrogen-bond acceptors (Lipinski definition) is 4. The Bertz CT molecular complexity index is 733. The van der Waals surface area contributed by atoms with Gasteiger partial charge in [-0.2, -0.15) is 0 Å². The van der Waals surface area contributed by atoms with E-state index in [0.29, 0.717) is 0 Å². The number of benzene rings is 1. The summed E-state index contributed by atoms with van der Waals surface area (Å²) in [4.78, 5) is 0. The Kier molecular flexibility index (Phi) is 4.63. The molecule has 0 N–H and O–H groups in total. The van der Waals surface area contributed by atoms with E-state index in [4.69, 9.17) is 4.42 Å². The summed E-state index contributed by atoms with van der Waals surface area (Å²) < 4.78 is 7.60. The fourth-order valence-electron chi connectivity index (χ4n) is 2.31. The highest BCUT2D eigenvalue weighted by atomic mass is 32.2. The van der Waals surface area contributed by atoms with E-state index in [1.165, 1.54) is 5.56 Å². The van der Waals surface area contributed by atoms with E-state index in [2.05, 4.69) is 46.0 Å². The minimum atomic E-state index is 0.764. The lowest BCUT2D eigenvalue weighted by Gasteiger charge is -2.09. The van der Waals surface area contributed by atoms with E-state index in [0.717, 1.165) is 41.0 Å². The van der Waals surface area contributed by atoms with Crippen molar-refractivity contribution in [3.8, 4) is 11.4 Å². The first-order chi connectivity index (χ1) is 10.8. The third-order valence-corrected chi connectivity index (χ3v) is 4.61. The monoisotopic (exact) mass is 313 g/mol. The first-order valence-electron chi connectivity index (χ1n) is 7.44. The maximum atomic E-state index is 5.43. The maximum Gasteiger partial charge on any atom is 0.191 e. The van der Waals surface area contributed by atoms with Crippen LogP contribution < -0.4 is 0 Å². The molecular formula is C17H19N3OS. The van der Waals surface area contributed by atoms with Crippen LogP contribution in [-0.2, 0) is 6.54 Å². The second-order valence-corrected chi connectivity index (χ2v) is 6.18. The molecule has 3 rings (SSSR count). The molecule has 22 heavy (non-hydrogen) atoms. The van der Waals surface area contributed by atoms with Gasteiger partial charge >= 0.3 is 0 Å². The van der Waals surface area contributed by atoms with Gasteiger partial charge in [-0.1, -0.05) is 49.0 Å². The van der Waals surface area contributed by atoms with Crippen molar-refractivity contribution in [2.24, 2.45) is 0 Å². The molecule has 0 aliphatic carbocycles. The van der Waals surface area contributed by atoms with Gasteiger partial charge in [0.25, 0.3) is 0 Å². The zero-order valence-corrected chi connectivity index (χ0v) is 13.6. The number of nitrogens with zero attached hydrogens (tertiary/aromatic N) is 3. The number of thioether (sulfide) groups is 1. The summed E-state index contributed by atoms with van der Waals surface area (Å²) >= 11 is 1.75. The molecule has 3 aromatic rings. The quantitative estimate of drug-likeness (QED) is 0.633. The summed E-state index contributed by atoms with van der Waals surface area (Å²) in [6.07, 6.45) is 2.81. The van der Waals surface area contributed by atoms with Gasteiger partial charge < -0.3 is 4.42 Å². The first kappa shape index (κ1) is 14.9. The van der Waals surface area contributed by atoms with Crippen LogP contribution in [0, 0.1) is 6.92 Å². The highest BCUT2D eigenvalue weighted by Crippen LogP contribution is 2.28. The molecular weight excluding hydrogens is 294 g/mol. The topological polar surface area (TPSA) is 43.9 Å². The molecule has 0 bridgehead atoms. The number of aromatic nitrogens is 3. The summed E-state index contributed by atoms with van der Waals surface area (Å²) in [5.41, 5.74) is 2.25. The maximum absolute atomic E-state index is 5.43. The Morgan fingerprint density at radius 1 is 1.14 bits per heavy atom. The van der Waals surface area contributed by atoms with Crippen molar-refractivity contribution in [3.05, 3.63) is 54.0 Å². The fraction of sp³-hybridized carbons (Fsp3) is 0.294. The zero-order valence-electron chi connectivity index (χ0n) is 12.8. The third-order valence-electron chi connectivity index (χ3n) is 3.44. The van der Waals surface area contributed by atoms with Crippen LogP contribution in [0.5, 0.6) is 0 Å². The first-order valence-corrected chi connectivity index (χ1v) is 8.42.